The van der Waals surface area contributed by atoms with E-state index in [2.05, 4.69) is 5.32 Å². The third kappa shape index (κ3) is 6.01. The fourth-order valence-electron chi connectivity index (χ4n) is 2.35. The van der Waals surface area contributed by atoms with Crippen LogP contribution >= 0.6 is 23.2 Å². The summed E-state index contributed by atoms with van der Waals surface area (Å²) in [6, 6.07) is 12.1. The molecule has 0 aliphatic carbocycles. The number of hydrogen-bond acceptors (Lipinski definition) is 3. The van der Waals surface area contributed by atoms with Gasteiger partial charge in [-0.25, -0.2) is 0 Å². The maximum atomic E-state index is 12.4. The Morgan fingerprint density at radius 3 is 2.44 bits per heavy atom. The normalized spacial score (nSPS) is 10.7. The van der Waals surface area contributed by atoms with E-state index < -0.39 is 0 Å². The molecule has 0 bridgehead atoms. The summed E-state index contributed by atoms with van der Waals surface area (Å²) in [5.41, 5.74) is 1.16. The number of benzene rings is 2. The molecule has 0 saturated heterocycles. The van der Waals surface area contributed by atoms with Crippen LogP contribution in [-0.2, 0) is 9.59 Å². The number of nitrogens with zero attached hydrogens (tertiary/aromatic N) is 1. The molecule has 142 valence electrons. The van der Waals surface area contributed by atoms with Gasteiger partial charge in [0.1, 0.15) is 12.3 Å². The van der Waals surface area contributed by atoms with Crippen molar-refractivity contribution in [2.75, 3.05) is 25.5 Å². The number of ether oxygens (including phenoxy) is 1. The van der Waals surface area contributed by atoms with Crippen LogP contribution in [0.5, 0.6) is 5.75 Å². The Labute approximate surface area is 168 Å². The molecule has 0 aliphatic heterocycles. The fraction of sp³-hybridized carbons (Fsp3) is 0.200. The Kier molecular flexibility index (Phi) is 7.70. The zero-order chi connectivity index (χ0) is 19.8. The summed E-state index contributed by atoms with van der Waals surface area (Å²) in [6.07, 6.45) is 2.91. The highest BCUT2D eigenvalue weighted by Gasteiger charge is 2.14. The molecular formula is C20H20Cl2N2O3. The molecule has 1 N–H and O–H groups in total. The van der Waals surface area contributed by atoms with E-state index in [-0.39, 0.29) is 18.4 Å². The zero-order valence-electron chi connectivity index (χ0n) is 15.0. The molecule has 0 aliphatic rings. The average molecular weight is 407 g/mol. The predicted octanol–water partition coefficient (Wildman–Crippen LogP) is 4.50. The van der Waals surface area contributed by atoms with Gasteiger partial charge in [-0.15, -0.1) is 0 Å². The van der Waals surface area contributed by atoms with Gasteiger partial charge in [0.15, 0.2) is 0 Å². The second-order valence-corrected chi connectivity index (χ2v) is 6.42. The number of hydrogen-bond donors (Lipinski definition) is 1. The Morgan fingerprint density at radius 2 is 1.81 bits per heavy atom. The van der Waals surface area contributed by atoms with Gasteiger partial charge in [-0.3, -0.25) is 9.59 Å². The summed E-state index contributed by atoms with van der Waals surface area (Å²) in [7, 11) is 1.55. The van der Waals surface area contributed by atoms with Crippen molar-refractivity contribution >= 4 is 46.8 Å². The van der Waals surface area contributed by atoms with Crippen LogP contribution in [0.25, 0.3) is 6.08 Å². The smallest absolute Gasteiger partial charge is 0.247 e. The lowest BCUT2D eigenvalue weighted by molar-refractivity contribution is -0.130. The summed E-state index contributed by atoms with van der Waals surface area (Å²) in [5, 5.41) is 3.65. The Balaban J connectivity index is 2.01. The van der Waals surface area contributed by atoms with Crippen molar-refractivity contribution in [1.82, 2.24) is 4.90 Å². The van der Waals surface area contributed by atoms with E-state index in [1.807, 2.05) is 0 Å². The van der Waals surface area contributed by atoms with Crippen LogP contribution in [0.3, 0.4) is 0 Å². The fourth-order valence-corrected chi connectivity index (χ4v) is 2.87. The molecule has 0 radical (unpaired) electrons. The lowest BCUT2D eigenvalue weighted by Gasteiger charge is -2.18. The number of halogens is 2. The molecule has 0 fully saturated rings. The largest absolute Gasteiger partial charge is 0.497 e. The van der Waals surface area contributed by atoms with Crippen LogP contribution in [0.2, 0.25) is 10.0 Å². The number of likely N-dealkylation sites (N-methyl/N-ethyl adjacent to an activating group) is 1. The van der Waals surface area contributed by atoms with E-state index >= 15 is 0 Å². The number of amides is 2. The van der Waals surface area contributed by atoms with E-state index in [0.717, 1.165) is 0 Å². The van der Waals surface area contributed by atoms with Crippen LogP contribution < -0.4 is 10.1 Å². The van der Waals surface area contributed by atoms with E-state index in [4.69, 9.17) is 27.9 Å². The minimum atomic E-state index is -0.311. The van der Waals surface area contributed by atoms with Gasteiger partial charge in [-0.2, -0.15) is 0 Å². The maximum absolute atomic E-state index is 12.4. The highest BCUT2D eigenvalue weighted by atomic mass is 35.5. The molecule has 2 amide bonds. The first-order valence-corrected chi connectivity index (χ1v) is 9.05. The molecule has 0 heterocycles. The summed E-state index contributed by atoms with van der Waals surface area (Å²) in [5.74, 6) is 0.0210. The number of anilines is 1. The molecule has 27 heavy (non-hydrogen) atoms. The SMILES string of the molecule is CCN(CC(=O)Nc1cccc(OC)c1)C(=O)/C=C/c1c(Cl)cccc1Cl. The Bertz CT molecular complexity index is 833. The molecule has 2 rings (SSSR count). The second-order valence-electron chi connectivity index (χ2n) is 5.60. The van der Waals surface area contributed by atoms with Crippen LogP contribution in [0.4, 0.5) is 5.69 Å². The Morgan fingerprint density at radius 1 is 1.15 bits per heavy atom. The molecule has 0 aromatic heterocycles. The van der Waals surface area contributed by atoms with Crippen molar-refractivity contribution in [3.8, 4) is 5.75 Å². The highest BCUT2D eigenvalue weighted by Crippen LogP contribution is 2.25. The molecule has 5 nitrogen and oxygen atoms in total. The summed E-state index contributed by atoms with van der Waals surface area (Å²) in [4.78, 5) is 26.1. The monoisotopic (exact) mass is 406 g/mol. The summed E-state index contributed by atoms with van der Waals surface area (Å²) in [6.45, 7) is 2.10. The maximum Gasteiger partial charge on any atom is 0.247 e. The van der Waals surface area contributed by atoms with Gasteiger partial charge >= 0.3 is 0 Å². The quantitative estimate of drug-likeness (QED) is 0.688. The van der Waals surface area contributed by atoms with E-state index in [1.165, 1.54) is 11.0 Å². The first-order valence-electron chi connectivity index (χ1n) is 8.29. The van der Waals surface area contributed by atoms with Crippen LogP contribution in [0.15, 0.2) is 48.5 Å². The number of carbonyl (C=O) groups excluding carboxylic acids is 2. The van der Waals surface area contributed by atoms with Gasteiger partial charge in [-0.1, -0.05) is 35.3 Å². The topological polar surface area (TPSA) is 58.6 Å². The lowest BCUT2D eigenvalue weighted by atomic mass is 10.2. The van der Waals surface area contributed by atoms with Gasteiger partial charge in [0.25, 0.3) is 0 Å². The molecule has 2 aromatic rings. The van der Waals surface area contributed by atoms with Gasteiger partial charge in [0.2, 0.25) is 11.8 Å². The van der Waals surface area contributed by atoms with Crippen molar-refractivity contribution in [3.63, 3.8) is 0 Å². The number of rotatable bonds is 7. The minimum Gasteiger partial charge on any atom is -0.497 e. The Hall–Kier alpha value is -2.50. The van der Waals surface area contributed by atoms with E-state index in [0.29, 0.717) is 33.6 Å². The van der Waals surface area contributed by atoms with Gasteiger partial charge < -0.3 is 15.0 Å². The van der Waals surface area contributed by atoms with Crippen LogP contribution in [0, 0.1) is 0 Å². The molecule has 7 heteroatoms. The third-order valence-electron chi connectivity index (χ3n) is 3.77. The molecule has 2 aromatic carbocycles. The van der Waals surface area contributed by atoms with Crippen LogP contribution in [0.1, 0.15) is 12.5 Å². The van der Waals surface area contributed by atoms with Crippen LogP contribution in [-0.4, -0.2) is 36.9 Å². The van der Waals surface area contributed by atoms with Gasteiger partial charge in [-0.05, 0) is 37.3 Å². The van der Waals surface area contributed by atoms with Crippen molar-refractivity contribution < 1.29 is 14.3 Å². The molecular weight excluding hydrogens is 387 g/mol. The zero-order valence-corrected chi connectivity index (χ0v) is 16.6. The molecule has 0 unspecified atom stereocenters. The molecule has 0 spiro atoms. The lowest BCUT2D eigenvalue weighted by Crippen LogP contribution is -2.36. The summed E-state index contributed by atoms with van der Waals surface area (Å²) < 4.78 is 5.12. The number of nitrogens with one attached hydrogen (secondary N) is 1. The van der Waals surface area contributed by atoms with Gasteiger partial charge in [0.05, 0.1) is 7.11 Å². The molecule has 0 saturated carbocycles. The third-order valence-corrected chi connectivity index (χ3v) is 4.43. The molecule has 0 atom stereocenters. The van der Waals surface area contributed by atoms with Crippen molar-refractivity contribution in [1.29, 1.82) is 0 Å². The number of carbonyl (C=O) groups is 2. The van der Waals surface area contributed by atoms with Crippen molar-refractivity contribution in [2.24, 2.45) is 0 Å². The van der Waals surface area contributed by atoms with E-state index in [9.17, 15) is 9.59 Å². The summed E-state index contributed by atoms with van der Waals surface area (Å²) >= 11 is 12.2. The van der Waals surface area contributed by atoms with E-state index in [1.54, 1.807) is 62.6 Å². The second kappa shape index (κ2) is 10.00. The average Bonchev–Trinajstić information content (AvgIpc) is 2.65. The van der Waals surface area contributed by atoms with Crippen molar-refractivity contribution in [3.05, 3.63) is 64.1 Å². The standard InChI is InChI=1S/C20H20Cl2N2O3/c1-3-24(13-19(25)23-14-6-4-7-15(12-14)27-2)20(26)11-10-16-17(21)8-5-9-18(16)22/h4-12H,3,13H2,1-2H3,(H,23,25)/b11-10+. The minimum absolute atomic E-state index is 0.0763. The van der Waals surface area contributed by atoms with Gasteiger partial charge in [0, 0.05) is 40.0 Å². The van der Waals surface area contributed by atoms with Crippen molar-refractivity contribution in [2.45, 2.75) is 6.92 Å². The first kappa shape index (κ1) is 20.8. The predicted molar refractivity (Wildman–Crippen MR) is 109 cm³/mol. The first-order chi connectivity index (χ1) is 12.9. The highest BCUT2D eigenvalue weighted by molar-refractivity contribution is 6.37. The number of methoxy groups -OCH3 is 1.